The van der Waals surface area contributed by atoms with Crippen molar-refractivity contribution in [2.24, 2.45) is 5.92 Å². The Balaban J connectivity index is 1.83. The number of nitrogens with one attached hydrogen (secondary N) is 1. The molecule has 2 aliphatic rings. The van der Waals surface area contributed by atoms with Crippen LogP contribution in [-0.2, 0) is 4.74 Å². The quantitative estimate of drug-likeness (QED) is 0.712. The average molecular weight is 240 g/mol. The van der Waals surface area contributed by atoms with E-state index in [9.17, 15) is 4.79 Å². The Morgan fingerprint density at radius 1 is 1.18 bits per heavy atom. The number of nitrogens with zero attached hydrogens (tertiary/aromatic N) is 1. The van der Waals surface area contributed by atoms with Crippen molar-refractivity contribution in [2.45, 2.75) is 45.1 Å². The second-order valence-electron chi connectivity index (χ2n) is 5.27. The molecule has 2 atom stereocenters. The third-order valence-electron chi connectivity index (χ3n) is 3.97. The predicted octanol–water partition coefficient (Wildman–Crippen LogP) is 2.00. The van der Waals surface area contributed by atoms with Gasteiger partial charge in [0.05, 0.1) is 13.2 Å². The van der Waals surface area contributed by atoms with Gasteiger partial charge in [0, 0.05) is 19.1 Å². The van der Waals surface area contributed by atoms with Gasteiger partial charge < -0.3 is 15.0 Å². The molecule has 0 aromatic heterocycles. The molecule has 1 saturated carbocycles. The zero-order valence-electron chi connectivity index (χ0n) is 10.8. The van der Waals surface area contributed by atoms with Gasteiger partial charge in [0.1, 0.15) is 0 Å². The van der Waals surface area contributed by atoms with Crippen LogP contribution in [0.25, 0.3) is 0 Å². The summed E-state index contributed by atoms with van der Waals surface area (Å²) in [4.78, 5) is 14.0. The van der Waals surface area contributed by atoms with Crippen LogP contribution in [0.5, 0.6) is 0 Å². The lowest BCUT2D eigenvalue weighted by Gasteiger charge is -2.30. The molecule has 2 rings (SSSR count). The molecular weight excluding hydrogens is 216 g/mol. The van der Waals surface area contributed by atoms with E-state index in [2.05, 4.69) is 12.2 Å². The number of carbonyl (C=O) groups excluding carboxylic acids is 1. The number of morpholine rings is 1. The molecule has 0 aromatic carbocycles. The molecule has 1 aliphatic heterocycles. The molecule has 0 bridgehead atoms. The Labute approximate surface area is 104 Å². The van der Waals surface area contributed by atoms with E-state index in [0.29, 0.717) is 25.2 Å². The highest BCUT2D eigenvalue weighted by molar-refractivity contribution is 5.74. The van der Waals surface area contributed by atoms with Crippen molar-refractivity contribution in [3.63, 3.8) is 0 Å². The number of amides is 2. The first-order valence-corrected chi connectivity index (χ1v) is 6.90. The second-order valence-corrected chi connectivity index (χ2v) is 5.27. The zero-order chi connectivity index (χ0) is 12.1. The molecule has 0 aromatic rings. The summed E-state index contributed by atoms with van der Waals surface area (Å²) in [5.74, 6) is 0.613. The summed E-state index contributed by atoms with van der Waals surface area (Å²) in [5.41, 5.74) is 0. The van der Waals surface area contributed by atoms with Gasteiger partial charge in [-0.2, -0.15) is 0 Å². The van der Waals surface area contributed by atoms with Gasteiger partial charge in [-0.05, 0) is 18.8 Å². The highest BCUT2D eigenvalue weighted by Crippen LogP contribution is 2.23. The van der Waals surface area contributed by atoms with Crippen LogP contribution in [-0.4, -0.2) is 43.3 Å². The minimum atomic E-state index is 0.104. The fourth-order valence-corrected chi connectivity index (χ4v) is 2.72. The minimum Gasteiger partial charge on any atom is -0.378 e. The first-order chi connectivity index (χ1) is 8.27. The summed E-state index contributed by atoms with van der Waals surface area (Å²) in [7, 11) is 0. The normalized spacial score (nSPS) is 30.8. The third-order valence-corrected chi connectivity index (χ3v) is 3.97. The van der Waals surface area contributed by atoms with Gasteiger partial charge in [-0.15, -0.1) is 0 Å². The molecule has 0 spiro atoms. The Kier molecular flexibility index (Phi) is 4.66. The van der Waals surface area contributed by atoms with E-state index >= 15 is 0 Å². The van der Waals surface area contributed by atoms with Crippen molar-refractivity contribution in [3.8, 4) is 0 Å². The largest absolute Gasteiger partial charge is 0.378 e. The van der Waals surface area contributed by atoms with Gasteiger partial charge in [0.15, 0.2) is 0 Å². The summed E-state index contributed by atoms with van der Waals surface area (Å²) in [5, 5.41) is 3.21. The molecule has 1 saturated heterocycles. The van der Waals surface area contributed by atoms with Crippen molar-refractivity contribution < 1.29 is 9.53 Å². The maximum atomic E-state index is 12.1. The lowest BCUT2D eigenvalue weighted by Crippen LogP contribution is -2.50. The lowest BCUT2D eigenvalue weighted by atomic mass is 9.97. The zero-order valence-corrected chi connectivity index (χ0v) is 10.8. The average Bonchev–Trinajstić information content (AvgIpc) is 2.56. The molecule has 2 fully saturated rings. The number of hydrogen-bond acceptors (Lipinski definition) is 2. The van der Waals surface area contributed by atoms with Crippen LogP contribution in [0, 0.1) is 5.92 Å². The van der Waals surface area contributed by atoms with Crippen molar-refractivity contribution in [3.05, 3.63) is 0 Å². The van der Waals surface area contributed by atoms with Crippen molar-refractivity contribution >= 4 is 6.03 Å². The molecule has 1 aliphatic carbocycles. The first-order valence-electron chi connectivity index (χ1n) is 6.90. The van der Waals surface area contributed by atoms with Crippen LogP contribution in [0.2, 0.25) is 0 Å². The molecular formula is C13H24N2O2. The number of hydrogen-bond donors (Lipinski definition) is 1. The maximum absolute atomic E-state index is 12.1. The summed E-state index contributed by atoms with van der Waals surface area (Å²) in [6, 6.07) is 0.472. The maximum Gasteiger partial charge on any atom is 0.317 e. The highest BCUT2D eigenvalue weighted by Gasteiger charge is 2.24. The van der Waals surface area contributed by atoms with E-state index in [0.717, 1.165) is 19.5 Å². The summed E-state index contributed by atoms with van der Waals surface area (Å²) in [6.07, 6.45) is 6.25. The molecule has 1 N–H and O–H groups in total. The number of ether oxygens (including phenoxy) is 1. The van der Waals surface area contributed by atoms with Crippen LogP contribution in [0.15, 0.2) is 0 Å². The standard InChI is InChI=1S/C13H24N2O2/c1-11-5-3-2-4-6-12(11)14-13(16)15-7-9-17-10-8-15/h11-12H,2-10H2,1H3,(H,14,16). The Morgan fingerprint density at radius 2 is 1.88 bits per heavy atom. The molecule has 4 nitrogen and oxygen atoms in total. The molecule has 17 heavy (non-hydrogen) atoms. The molecule has 2 unspecified atom stereocenters. The van der Waals surface area contributed by atoms with Crippen LogP contribution in [0.3, 0.4) is 0 Å². The molecule has 4 heteroatoms. The monoisotopic (exact) mass is 240 g/mol. The van der Waals surface area contributed by atoms with E-state index < -0.39 is 0 Å². The second kappa shape index (κ2) is 6.24. The van der Waals surface area contributed by atoms with Crippen LogP contribution in [0.4, 0.5) is 4.79 Å². The van der Waals surface area contributed by atoms with E-state index in [-0.39, 0.29) is 6.03 Å². The van der Waals surface area contributed by atoms with Crippen LogP contribution >= 0.6 is 0 Å². The highest BCUT2D eigenvalue weighted by atomic mass is 16.5. The van der Waals surface area contributed by atoms with E-state index in [1.54, 1.807) is 0 Å². The lowest BCUT2D eigenvalue weighted by molar-refractivity contribution is 0.0519. The summed E-state index contributed by atoms with van der Waals surface area (Å²) >= 11 is 0. The first kappa shape index (κ1) is 12.7. The number of rotatable bonds is 1. The smallest absolute Gasteiger partial charge is 0.317 e. The molecule has 0 radical (unpaired) electrons. The van der Waals surface area contributed by atoms with Gasteiger partial charge in [-0.3, -0.25) is 0 Å². The fourth-order valence-electron chi connectivity index (χ4n) is 2.72. The van der Waals surface area contributed by atoms with Crippen molar-refractivity contribution in [1.82, 2.24) is 10.2 Å². The third kappa shape index (κ3) is 3.60. The van der Waals surface area contributed by atoms with Crippen LogP contribution in [0.1, 0.15) is 39.0 Å². The van der Waals surface area contributed by atoms with Gasteiger partial charge in [0.2, 0.25) is 0 Å². The van der Waals surface area contributed by atoms with E-state index in [4.69, 9.17) is 4.74 Å². The minimum absolute atomic E-state index is 0.104. The Bertz CT molecular complexity index is 252. The van der Waals surface area contributed by atoms with Gasteiger partial charge in [-0.1, -0.05) is 26.2 Å². The summed E-state index contributed by atoms with van der Waals surface area (Å²) < 4.78 is 5.26. The Hall–Kier alpha value is -0.770. The molecule has 1 heterocycles. The predicted molar refractivity (Wildman–Crippen MR) is 67.0 cm³/mol. The summed E-state index contributed by atoms with van der Waals surface area (Å²) in [6.45, 7) is 5.07. The van der Waals surface area contributed by atoms with E-state index in [1.165, 1.54) is 25.7 Å². The van der Waals surface area contributed by atoms with Crippen molar-refractivity contribution in [2.75, 3.05) is 26.3 Å². The topological polar surface area (TPSA) is 41.6 Å². The van der Waals surface area contributed by atoms with Crippen molar-refractivity contribution in [1.29, 1.82) is 0 Å². The molecule has 2 amide bonds. The SMILES string of the molecule is CC1CCCCCC1NC(=O)N1CCOCC1. The van der Waals surface area contributed by atoms with Crippen LogP contribution < -0.4 is 5.32 Å². The Morgan fingerprint density at radius 3 is 2.65 bits per heavy atom. The van der Waals surface area contributed by atoms with Gasteiger partial charge in [0.25, 0.3) is 0 Å². The molecule has 98 valence electrons. The number of carbonyl (C=O) groups is 1. The van der Waals surface area contributed by atoms with Gasteiger partial charge in [-0.25, -0.2) is 4.79 Å². The van der Waals surface area contributed by atoms with Gasteiger partial charge >= 0.3 is 6.03 Å². The van der Waals surface area contributed by atoms with E-state index in [1.807, 2.05) is 4.90 Å². The fraction of sp³-hybridized carbons (Fsp3) is 0.923. The number of urea groups is 1.